The molecule has 4 heteroatoms. The van der Waals surface area contributed by atoms with E-state index in [1.165, 1.54) is 7.11 Å². The standard InChI is InChI=1S/C18H15NO3/c1-19-11-13(10-16(19)18(21)22-2)17(20)15-9-5-7-12-6-3-4-8-14(12)15/h3-11H,1-2H3. The van der Waals surface area contributed by atoms with Gasteiger partial charge in [0.25, 0.3) is 0 Å². The Morgan fingerprint density at radius 3 is 2.55 bits per heavy atom. The molecule has 0 aliphatic carbocycles. The molecule has 0 aliphatic heterocycles. The van der Waals surface area contributed by atoms with Crippen molar-refractivity contribution in [2.24, 2.45) is 7.05 Å². The highest BCUT2D eigenvalue weighted by Crippen LogP contribution is 2.22. The first kappa shape index (κ1) is 14.1. The molecule has 2 aromatic carbocycles. The summed E-state index contributed by atoms with van der Waals surface area (Å²) in [4.78, 5) is 24.4. The van der Waals surface area contributed by atoms with Crippen molar-refractivity contribution >= 4 is 22.5 Å². The monoisotopic (exact) mass is 293 g/mol. The number of hydrogen-bond acceptors (Lipinski definition) is 3. The van der Waals surface area contributed by atoms with E-state index in [0.717, 1.165) is 10.8 Å². The third kappa shape index (κ3) is 2.29. The number of esters is 1. The van der Waals surface area contributed by atoms with Crippen LogP contribution in [0.3, 0.4) is 0 Å². The van der Waals surface area contributed by atoms with Gasteiger partial charge >= 0.3 is 5.97 Å². The number of methoxy groups -OCH3 is 1. The lowest BCUT2D eigenvalue weighted by molar-refractivity contribution is 0.0590. The van der Waals surface area contributed by atoms with E-state index in [1.807, 2.05) is 36.4 Å². The Balaban J connectivity index is 2.09. The highest BCUT2D eigenvalue weighted by Gasteiger charge is 2.18. The fourth-order valence-electron chi connectivity index (χ4n) is 2.58. The van der Waals surface area contributed by atoms with Gasteiger partial charge in [-0.15, -0.1) is 0 Å². The maximum Gasteiger partial charge on any atom is 0.354 e. The van der Waals surface area contributed by atoms with Crippen LogP contribution >= 0.6 is 0 Å². The van der Waals surface area contributed by atoms with Crippen LogP contribution in [-0.2, 0) is 11.8 Å². The summed E-state index contributed by atoms with van der Waals surface area (Å²) >= 11 is 0. The van der Waals surface area contributed by atoms with Gasteiger partial charge in [0, 0.05) is 24.4 Å². The van der Waals surface area contributed by atoms with Crippen molar-refractivity contribution in [3.63, 3.8) is 0 Å². The number of aryl methyl sites for hydroxylation is 1. The average molecular weight is 293 g/mol. The molecule has 0 amide bonds. The number of carbonyl (C=O) groups is 2. The topological polar surface area (TPSA) is 48.3 Å². The second kappa shape index (κ2) is 5.48. The van der Waals surface area contributed by atoms with Crippen molar-refractivity contribution < 1.29 is 14.3 Å². The minimum Gasteiger partial charge on any atom is -0.464 e. The summed E-state index contributed by atoms with van der Waals surface area (Å²) < 4.78 is 6.32. The van der Waals surface area contributed by atoms with Gasteiger partial charge in [-0.2, -0.15) is 0 Å². The lowest BCUT2D eigenvalue weighted by Crippen LogP contribution is -2.06. The first-order chi connectivity index (χ1) is 10.6. The van der Waals surface area contributed by atoms with Crippen LogP contribution in [0.1, 0.15) is 26.4 Å². The van der Waals surface area contributed by atoms with Gasteiger partial charge in [-0.05, 0) is 16.8 Å². The van der Waals surface area contributed by atoms with Gasteiger partial charge in [0.2, 0.25) is 0 Å². The molecule has 0 N–H and O–H groups in total. The Bertz CT molecular complexity index is 872. The summed E-state index contributed by atoms with van der Waals surface area (Å²) in [5.41, 5.74) is 1.45. The third-order valence-electron chi connectivity index (χ3n) is 3.70. The Hall–Kier alpha value is -2.88. The lowest BCUT2D eigenvalue weighted by Gasteiger charge is -2.04. The molecule has 1 heterocycles. The quantitative estimate of drug-likeness (QED) is 0.550. The fourth-order valence-corrected chi connectivity index (χ4v) is 2.58. The molecule has 110 valence electrons. The van der Waals surface area contributed by atoms with Gasteiger partial charge in [0.1, 0.15) is 5.69 Å². The normalized spacial score (nSPS) is 10.6. The van der Waals surface area contributed by atoms with Crippen LogP contribution in [0.4, 0.5) is 0 Å². The van der Waals surface area contributed by atoms with Gasteiger partial charge < -0.3 is 9.30 Å². The molecule has 22 heavy (non-hydrogen) atoms. The third-order valence-corrected chi connectivity index (χ3v) is 3.70. The maximum atomic E-state index is 12.8. The van der Waals surface area contributed by atoms with Crippen LogP contribution < -0.4 is 0 Å². The molecule has 0 bridgehead atoms. The summed E-state index contributed by atoms with van der Waals surface area (Å²) in [6.07, 6.45) is 1.65. The molecular weight excluding hydrogens is 278 g/mol. The molecule has 3 rings (SSSR count). The fraction of sp³-hybridized carbons (Fsp3) is 0.111. The zero-order chi connectivity index (χ0) is 15.7. The van der Waals surface area contributed by atoms with Gasteiger partial charge in [0.05, 0.1) is 7.11 Å². The summed E-state index contributed by atoms with van der Waals surface area (Å²) in [6, 6.07) is 14.9. The number of ether oxygens (including phenoxy) is 1. The minimum absolute atomic E-state index is 0.109. The predicted octanol–water partition coefficient (Wildman–Crippen LogP) is 3.20. The van der Waals surface area contributed by atoms with Crippen LogP contribution in [0.15, 0.2) is 54.7 Å². The number of rotatable bonds is 3. The first-order valence-electron chi connectivity index (χ1n) is 6.89. The SMILES string of the molecule is COC(=O)c1cc(C(=O)c2cccc3ccccc23)cn1C. The van der Waals surface area contributed by atoms with Crippen molar-refractivity contribution in [3.05, 3.63) is 71.5 Å². The Morgan fingerprint density at radius 2 is 1.77 bits per heavy atom. The van der Waals surface area contributed by atoms with E-state index in [0.29, 0.717) is 16.8 Å². The highest BCUT2D eigenvalue weighted by atomic mass is 16.5. The maximum absolute atomic E-state index is 12.8. The molecule has 0 radical (unpaired) electrons. The van der Waals surface area contributed by atoms with Gasteiger partial charge in [-0.3, -0.25) is 4.79 Å². The summed E-state index contributed by atoms with van der Waals surface area (Å²) in [7, 11) is 3.04. The molecule has 0 saturated heterocycles. The predicted molar refractivity (Wildman–Crippen MR) is 84.1 cm³/mol. The Morgan fingerprint density at radius 1 is 1.05 bits per heavy atom. The second-order valence-electron chi connectivity index (χ2n) is 5.07. The molecule has 0 fully saturated rings. The summed E-state index contributed by atoms with van der Waals surface area (Å²) in [5.74, 6) is -0.568. The van der Waals surface area contributed by atoms with Crippen molar-refractivity contribution in [2.75, 3.05) is 7.11 Å². The van der Waals surface area contributed by atoms with Crippen LogP contribution in [0, 0.1) is 0 Å². The second-order valence-corrected chi connectivity index (χ2v) is 5.07. The number of fused-ring (bicyclic) bond motifs is 1. The largest absolute Gasteiger partial charge is 0.464 e. The van der Waals surface area contributed by atoms with Gasteiger partial charge in [-0.25, -0.2) is 4.79 Å². The molecule has 3 aromatic rings. The van der Waals surface area contributed by atoms with Crippen molar-refractivity contribution in [1.29, 1.82) is 0 Å². The number of carbonyl (C=O) groups excluding carboxylic acids is 2. The number of nitrogens with zero attached hydrogens (tertiary/aromatic N) is 1. The average Bonchev–Trinajstić information content (AvgIpc) is 2.94. The smallest absolute Gasteiger partial charge is 0.354 e. The van der Waals surface area contributed by atoms with E-state index >= 15 is 0 Å². The number of ketones is 1. The number of aromatic nitrogens is 1. The molecule has 0 spiro atoms. The molecular formula is C18H15NO3. The van der Waals surface area contributed by atoms with Crippen molar-refractivity contribution in [2.45, 2.75) is 0 Å². The Labute approximate surface area is 127 Å². The zero-order valence-corrected chi connectivity index (χ0v) is 12.4. The van der Waals surface area contributed by atoms with E-state index < -0.39 is 5.97 Å². The lowest BCUT2D eigenvalue weighted by atomic mass is 9.98. The van der Waals surface area contributed by atoms with Crippen molar-refractivity contribution in [3.8, 4) is 0 Å². The van der Waals surface area contributed by atoms with Crippen LogP contribution in [-0.4, -0.2) is 23.4 Å². The van der Waals surface area contributed by atoms with Gasteiger partial charge in [-0.1, -0.05) is 42.5 Å². The van der Waals surface area contributed by atoms with Gasteiger partial charge in [0.15, 0.2) is 5.78 Å². The summed E-state index contributed by atoms with van der Waals surface area (Å²) in [6.45, 7) is 0. The van der Waals surface area contributed by atoms with Crippen LogP contribution in [0.25, 0.3) is 10.8 Å². The highest BCUT2D eigenvalue weighted by molar-refractivity contribution is 6.16. The van der Waals surface area contributed by atoms with E-state index in [9.17, 15) is 9.59 Å². The van der Waals surface area contributed by atoms with Crippen LogP contribution in [0.2, 0.25) is 0 Å². The molecule has 1 aromatic heterocycles. The number of benzene rings is 2. The van der Waals surface area contributed by atoms with E-state index in [-0.39, 0.29) is 5.78 Å². The van der Waals surface area contributed by atoms with Crippen molar-refractivity contribution in [1.82, 2.24) is 4.57 Å². The molecule has 0 aliphatic rings. The summed E-state index contributed by atoms with van der Waals surface area (Å²) in [5, 5.41) is 1.91. The molecule has 0 saturated carbocycles. The van der Waals surface area contributed by atoms with E-state index in [1.54, 1.807) is 29.9 Å². The minimum atomic E-state index is -0.459. The zero-order valence-electron chi connectivity index (χ0n) is 12.4. The number of hydrogen-bond donors (Lipinski definition) is 0. The first-order valence-corrected chi connectivity index (χ1v) is 6.89. The molecule has 0 unspecified atom stereocenters. The van der Waals surface area contributed by atoms with E-state index in [4.69, 9.17) is 4.74 Å². The molecule has 0 atom stereocenters. The van der Waals surface area contributed by atoms with E-state index in [2.05, 4.69) is 0 Å². The Kier molecular flexibility index (Phi) is 3.51. The molecule has 4 nitrogen and oxygen atoms in total. The van der Waals surface area contributed by atoms with Crippen LogP contribution in [0.5, 0.6) is 0 Å².